The molecule has 0 radical (unpaired) electrons. The molecule has 1 heteroatoms. The minimum absolute atomic E-state index is 0.522. The van der Waals surface area contributed by atoms with Gasteiger partial charge in [-0.2, -0.15) is 0 Å². The van der Waals surface area contributed by atoms with Crippen molar-refractivity contribution in [3.05, 3.63) is 108 Å². The van der Waals surface area contributed by atoms with Gasteiger partial charge in [0, 0.05) is 12.6 Å². The van der Waals surface area contributed by atoms with Crippen molar-refractivity contribution in [1.29, 1.82) is 0 Å². The van der Waals surface area contributed by atoms with Crippen molar-refractivity contribution in [3.8, 4) is 0 Å². The van der Waals surface area contributed by atoms with Crippen molar-refractivity contribution < 1.29 is 0 Å². The number of rotatable bonds is 9. The van der Waals surface area contributed by atoms with Crippen molar-refractivity contribution in [2.24, 2.45) is 0 Å². The first-order valence-electron chi connectivity index (χ1n) is 10.7. The van der Waals surface area contributed by atoms with Crippen LogP contribution in [0.3, 0.4) is 0 Å². The van der Waals surface area contributed by atoms with Crippen molar-refractivity contribution in [3.63, 3.8) is 0 Å². The van der Waals surface area contributed by atoms with Gasteiger partial charge in [0.1, 0.15) is 0 Å². The molecular weight excluding hydrogens is 338 g/mol. The maximum atomic E-state index is 2.63. The highest BCUT2D eigenvalue weighted by molar-refractivity contribution is 5.18. The van der Waals surface area contributed by atoms with Crippen molar-refractivity contribution in [1.82, 2.24) is 4.90 Å². The van der Waals surface area contributed by atoms with E-state index in [9.17, 15) is 0 Å². The third-order valence-corrected chi connectivity index (χ3v) is 4.98. The fraction of sp³-hybridized carbons (Fsp3) is 0.333. The highest BCUT2D eigenvalue weighted by Crippen LogP contribution is 2.14. The van der Waals surface area contributed by atoms with E-state index >= 15 is 0 Å². The molecule has 0 N–H and O–H groups in total. The number of benzene rings is 3. The van der Waals surface area contributed by atoms with Gasteiger partial charge in [0.25, 0.3) is 0 Å². The first-order chi connectivity index (χ1) is 13.8. The van der Waals surface area contributed by atoms with Gasteiger partial charge in [-0.15, -0.1) is 0 Å². The third kappa shape index (κ3) is 7.70. The predicted octanol–water partition coefficient (Wildman–Crippen LogP) is 6.78. The topological polar surface area (TPSA) is 3.24 Å². The van der Waals surface area contributed by atoms with Gasteiger partial charge in [0.05, 0.1) is 0 Å². The molecule has 0 aromatic heterocycles. The molecular formula is C27H35N. The number of hydrogen-bond acceptors (Lipinski definition) is 1. The second-order valence-corrected chi connectivity index (χ2v) is 7.08. The lowest BCUT2D eigenvalue weighted by Gasteiger charge is -2.29. The molecule has 0 saturated heterocycles. The zero-order valence-corrected chi connectivity index (χ0v) is 17.7. The van der Waals surface area contributed by atoms with E-state index in [2.05, 4.69) is 103 Å². The zero-order chi connectivity index (χ0) is 20.0. The summed E-state index contributed by atoms with van der Waals surface area (Å²) in [7, 11) is 0. The Balaban J connectivity index is 0.00000136. The van der Waals surface area contributed by atoms with Gasteiger partial charge in [-0.25, -0.2) is 0 Å². The van der Waals surface area contributed by atoms with Crippen LogP contribution in [0.25, 0.3) is 0 Å². The Morgan fingerprint density at radius 1 is 0.643 bits per heavy atom. The molecule has 148 valence electrons. The predicted molar refractivity (Wildman–Crippen MR) is 123 cm³/mol. The summed E-state index contributed by atoms with van der Waals surface area (Å²) in [5.74, 6) is 0. The normalized spacial score (nSPS) is 11.6. The molecule has 1 atom stereocenters. The largest absolute Gasteiger partial charge is 0.296 e. The Bertz CT molecular complexity index is 737. The highest BCUT2D eigenvalue weighted by Gasteiger charge is 2.14. The van der Waals surface area contributed by atoms with Crippen LogP contribution in [-0.2, 0) is 19.4 Å². The van der Waals surface area contributed by atoms with Gasteiger partial charge in [0.2, 0.25) is 0 Å². The molecule has 3 rings (SSSR count). The monoisotopic (exact) mass is 373 g/mol. The summed E-state index contributed by atoms with van der Waals surface area (Å²) in [5, 5.41) is 0. The summed E-state index contributed by atoms with van der Waals surface area (Å²) in [6, 6.07) is 33.0. The van der Waals surface area contributed by atoms with Crippen LogP contribution in [0.2, 0.25) is 0 Å². The molecule has 0 heterocycles. The van der Waals surface area contributed by atoms with E-state index in [1.807, 2.05) is 13.8 Å². The van der Waals surface area contributed by atoms with Crippen LogP contribution in [0.4, 0.5) is 0 Å². The standard InChI is InChI=1S/C25H29N.C2H6/c1-22(20-24-14-7-3-8-15-24)26(21-25-16-9-4-10-17-25)19-11-18-23-12-5-2-6-13-23;1-2/h2-10,12-17,22H,11,18-21H2,1H3;1-2H3. The van der Waals surface area contributed by atoms with Crippen LogP contribution in [0, 0.1) is 0 Å². The average molecular weight is 374 g/mol. The summed E-state index contributed by atoms with van der Waals surface area (Å²) in [4.78, 5) is 2.63. The second kappa shape index (κ2) is 12.9. The third-order valence-electron chi connectivity index (χ3n) is 4.98. The summed E-state index contributed by atoms with van der Waals surface area (Å²) in [6.07, 6.45) is 3.43. The van der Waals surface area contributed by atoms with Crippen LogP contribution in [-0.4, -0.2) is 17.5 Å². The van der Waals surface area contributed by atoms with E-state index in [0.29, 0.717) is 6.04 Å². The minimum atomic E-state index is 0.522. The molecule has 0 saturated carbocycles. The van der Waals surface area contributed by atoms with Crippen LogP contribution < -0.4 is 0 Å². The number of nitrogens with zero attached hydrogens (tertiary/aromatic N) is 1. The second-order valence-electron chi connectivity index (χ2n) is 7.08. The first-order valence-corrected chi connectivity index (χ1v) is 10.7. The minimum Gasteiger partial charge on any atom is -0.296 e. The zero-order valence-electron chi connectivity index (χ0n) is 17.7. The van der Waals surface area contributed by atoms with E-state index in [-0.39, 0.29) is 0 Å². The van der Waals surface area contributed by atoms with Crippen LogP contribution in [0.15, 0.2) is 91.0 Å². The first kappa shape index (κ1) is 21.9. The van der Waals surface area contributed by atoms with Crippen LogP contribution in [0.5, 0.6) is 0 Å². The SMILES string of the molecule is CC.CC(Cc1ccccc1)N(CCCc1ccccc1)Cc1ccccc1. The lowest BCUT2D eigenvalue weighted by atomic mass is 10.0. The molecule has 0 spiro atoms. The molecule has 0 amide bonds. The molecule has 1 nitrogen and oxygen atoms in total. The van der Waals surface area contributed by atoms with Crippen molar-refractivity contribution in [2.45, 2.75) is 52.6 Å². The van der Waals surface area contributed by atoms with Gasteiger partial charge in [-0.05, 0) is 49.4 Å². The Labute approximate surface area is 172 Å². The van der Waals surface area contributed by atoms with Gasteiger partial charge in [-0.1, -0.05) is 105 Å². The maximum Gasteiger partial charge on any atom is 0.0236 e. The smallest absolute Gasteiger partial charge is 0.0236 e. The molecule has 0 bridgehead atoms. The molecule has 1 unspecified atom stereocenters. The number of aryl methyl sites for hydroxylation is 1. The summed E-state index contributed by atoms with van der Waals surface area (Å²) < 4.78 is 0. The Morgan fingerprint density at radius 2 is 1.11 bits per heavy atom. The van der Waals surface area contributed by atoms with Gasteiger partial charge < -0.3 is 0 Å². The lowest BCUT2D eigenvalue weighted by molar-refractivity contribution is 0.196. The summed E-state index contributed by atoms with van der Waals surface area (Å²) in [5.41, 5.74) is 4.25. The van der Waals surface area contributed by atoms with Gasteiger partial charge >= 0.3 is 0 Å². The molecule has 3 aromatic carbocycles. The number of hydrogen-bond donors (Lipinski definition) is 0. The van der Waals surface area contributed by atoms with E-state index in [1.54, 1.807) is 0 Å². The highest BCUT2D eigenvalue weighted by atomic mass is 15.1. The van der Waals surface area contributed by atoms with Gasteiger partial charge in [-0.3, -0.25) is 4.90 Å². The summed E-state index contributed by atoms with van der Waals surface area (Å²) >= 11 is 0. The Kier molecular flexibility index (Phi) is 10.1. The Hall–Kier alpha value is -2.38. The quantitative estimate of drug-likeness (QED) is 0.399. The molecule has 0 aliphatic rings. The van der Waals surface area contributed by atoms with E-state index in [4.69, 9.17) is 0 Å². The fourth-order valence-corrected chi connectivity index (χ4v) is 3.49. The average Bonchev–Trinajstić information content (AvgIpc) is 2.76. The van der Waals surface area contributed by atoms with Crippen molar-refractivity contribution in [2.75, 3.05) is 6.54 Å². The maximum absolute atomic E-state index is 2.63. The molecule has 0 aliphatic carbocycles. The van der Waals surface area contributed by atoms with Crippen molar-refractivity contribution >= 4 is 0 Å². The molecule has 3 aromatic rings. The van der Waals surface area contributed by atoms with E-state index in [0.717, 1.165) is 25.9 Å². The fourth-order valence-electron chi connectivity index (χ4n) is 3.49. The lowest BCUT2D eigenvalue weighted by Crippen LogP contribution is -2.35. The van der Waals surface area contributed by atoms with E-state index in [1.165, 1.54) is 23.1 Å². The van der Waals surface area contributed by atoms with E-state index < -0.39 is 0 Å². The van der Waals surface area contributed by atoms with Gasteiger partial charge in [0.15, 0.2) is 0 Å². The summed E-state index contributed by atoms with van der Waals surface area (Å²) in [6.45, 7) is 8.50. The molecule has 28 heavy (non-hydrogen) atoms. The molecule has 0 fully saturated rings. The van der Waals surface area contributed by atoms with Crippen LogP contribution in [0.1, 0.15) is 43.9 Å². The van der Waals surface area contributed by atoms with Crippen LogP contribution >= 0.6 is 0 Å². The Morgan fingerprint density at radius 3 is 1.64 bits per heavy atom. The molecule has 0 aliphatic heterocycles.